The lowest BCUT2D eigenvalue weighted by molar-refractivity contribution is 0.0582. The van der Waals surface area contributed by atoms with Gasteiger partial charge in [-0.25, -0.2) is 9.13 Å². The summed E-state index contributed by atoms with van der Waals surface area (Å²) in [6, 6.07) is 8.71. The Morgan fingerprint density at radius 3 is 1.50 bits per heavy atom. The minimum atomic E-state index is -4.72. The molecule has 0 unspecified atom stereocenters. The maximum Gasteiger partial charge on any atom is 0.471 e. The van der Waals surface area contributed by atoms with E-state index in [4.69, 9.17) is 24.7 Å². The Morgan fingerprint density at radius 1 is 0.889 bits per heavy atom. The van der Waals surface area contributed by atoms with Crippen LogP contribution in [-0.4, -0.2) is 31.5 Å². The summed E-state index contributed by atoms with van der Waals surface area (Å²) in [6.07, 6.45) is 0. The van der Waals surface area contributed by atoms with Crippen LogP contribution in [0.3, 0.4) is 0 Å². The van der Waals surface area contributed by atoms with E-state index in [2.05, 4.69) is 9.05 Å². The Bertz CT molecular complexity index is 400. The molecular formula is C7H12O9P2. The third kappa shape index (κ3) is 13.3. The maximum absolute atomic E-state index is 9.86. The van der Waals surface area contributed by atoms with Crippen LogP contribution in [0.2, 0.25) is 0 Å². The number of aromatic hydroxyl groups is 1. The normalized spacial score (nSPS) is 11.6. The molecule has 0 fully saturated rings. The van der Waals surface area contributed by atoms with E-state index in [-0.39, 0.29) is 0 Å². The average molecular weight is 302 g/mol. The molecule has 18 heavy (non-hydrogen) atoms. The Balaban J connectivity index is 0.000000351. The molecule has 1 aromatic carbocycles. The number of hydrogen-bond donors (Lipinski definition) is 5. The summed E-state index contributed by atoms with van der Waals surface area (Å²) in [5.74, 6) is 0.322. The predicted molar refractivity (Wildman–Crippen MR) is 59.2 cm³/mol. The first-order valence-electron chi connectivity index (χ1n) is 4.24. The molecular weight excluding hydrogens is 290 g/mol. The highest BCUT2D eigenvalue weighted by Gasteiger charge is 2.18. The van der Waals surface area contributed by atoms with E-state index < -0.39 is 22.4 Å². The summed E-state index contributed by atoms with van der Waals surface area (Å²) < 4.78 is 26.8. The van der Waals surface area contributed by atoms with Gasteiger partial charge in [-0.05, 0) is 12.1 Å². The highest BCUT2D eigenvalue weighted by molar-refractivity contribution is 7.47. The number of benzene rings is 1. The highest BCUT2D eigenvalue weighted by Crippen LogP contribution is 2.40. The van der Waals surface area contributed by atoms with Gasteiger partial charge >= 0.3 is 15.6 Å². The van der Waals surface area contributed by atoms with Gasteiger partial charge in [-0.2, -0.15) is 0 Å². The molecule has 0 radical (unpaired) electrons. The SMILES string of the molecule is O=P(O)(O)OCOP(=O)(O)O.Oc1ccccc1. The molecule has 104 valence electrons. The third-order valence-corrected chi connectivity index (χ3v) is 2.08. The first-order chi connectivity index (χ1) is 8.10. The van der Waals surface area contributed by atoms with Crippen molar-refractivity contribution in [2.75, 3.05) is 6.79 Å². The molecule has 0 heterocycles. The third-order valence-electron chi connectivity index (χ3n) is 1.20. The molecule has 0 saturated heterocycles. The molecule has 0 atom stereocenters. The van der Waals surface area contributed by atoms with Crippen LogP contribution < -0.4 is 0 Å². The zero-order valence-corrected chi connectivity index (χ0v) is 10.6. The smallest absolute Gasteiger partial charge is 0.471 e. The molecule has 1 aromatic rings. The molecule has 0 aliphatic rings. The molecule has 0 aliphatic carbocycles. The van der Waals surface area contributed by atoms with Crippen LogP contribution in [-0.2, 0) is 18.2 Å². The molecule has 0 spiro atoms. The zero-order valence-electron chi connectivity index (χ0n) is 8.86. The van der Waals surface area contributed by atoms with Crippen LogP contribution in [0.1, 0.15) is 0 Å². The van der Waals surface area contributed by atoms with Gasteiger partial charge in [0.2, 0.25) is 0 Å². The molecule has 5 N–H and O–H groups in total. The predicted octanol–water partition coefficient (Wildman–Crippen LogP) is 0.555. The van der Waals surface area contributed by atoms with Crippen LogP contribution in [0.25, 0.3) is 0 Å². The number of para-hydroxylation sites is 1. The van der Waals surface area contributed by atoms with Crippen molar-refractivity contribution in [3.05, 3.63) is 30.3 Å². The lowest BCUT2D eigenvalue weighted by Gasteiger charge is -2.05. The molecule has 0 saturated carbocycles. The second kappa shape index (κ2) is 7.63. The van der Waals surface area contributed by atoms with E-state index in [0.717, 1.165) is 0 Å². The number of phosphoric acid groups is 2. The van der Waals surface area contributed by atoms with Gasteiger partial charge in [-0.1, -0.05) is 18.2 Å². The summed E-state index contributed by atoms with van der Waals surface area (Å²) in [6.45, 7) is -1.16. The van der Waals surface area contributed by atoms with Crippen molar-refractivity contribution >= 4 is 15.6 Å². The van der Waals surface area contributed by atoms with Gasteiger partial charge in [0.05, 0.1) is 0 Å². The van der Waals surface area contributed by atoms with Gasteiger partial charge in [0, 0.05) is 0 Å². The van der Waals surface area contributed by atoms with Gasteiger partial charge in [0.1, 0.15) is 5.75 Å². The van der Waals surface area contributed by atoms with Crippen molar-refractivity contribution in [1.29, 1.82) is 0 Å². The number of phenols is 1. The molecule has 0 aromatic heterocycles. The van der Waals surface area contributed by atoms with Crippen molar-refractivity contribution in [2.45, 2.75) is 0 Å². The molecule has 0 amide bonds. The van der Waals surface area contributed by atoms with E-state index in [9.17, 15) is 9.13 Å². The molecule has 9 nitrogen and oxygen atoms in total. The summed E-state index contributed by atoms with van der Waals surface area (Å²) in [5.41, 5.74) is 0. The Kier molecular flexibility index (Phi) is 7.30. The van der Waals surface area contributed by atoms with Crippen molar-refractivity contribution in [2.24, 2.45) is 0 Å². The fourth-order valence-corrected chi connectivity index (χ4v) is 1.05. The Hall–Kier alpha value is -0.760. The summed E-state index contributed by atoms with van der Waals surface area (Å²) in [4.78, 5) is 31.9. The number of hydrogen-bond acceptors (Lipinski definition) is 5. The lowest BCUT2D eigenvalue weighted by Crippen LogP contribution is -1.95. The average Bonchev–Trinajstić information content (AvgIpc) is 2.15. The van der Waals surface area contributed by atoms with Crippen LogP contribution in [0.15, 0.2) is 30.3 Å². The van der Waals surface area contributed by atoms with Crippen molar-refractivity contribution in [1.82, 2.24) is 0 Å². The summed E-state index contributed by atoms with van der Waals surface area (Å²) in [5, 5.41) is 8.63. The van der Waals surface area contributed by atoms with Gasteiger partial charge in [-0.15, -0.1) is 0 Å². The second-order valence-corrected chi connectivity index (χ2v) is 5.17. The largest absolute Gasteiger partial charge is 0.508 e. The number of rotatable bonds is 4. The van der Waals surface area contributed by atoms with Crippen LogP contribution in [0.4, 0.5) is 0 Å². The highest BCUT2D eigenvalue weighted by atomic mass is 31.2. The van der Waals surface area contributed by atoms with Crippen molar-refractivity contribution in [3.8, 4) is 5.75 Å². The quantitative estimate of drug-likeness (QED) is 0.396. The Morgan fingerprint density at radius 2 is 1.28 bits per heavy atom. The summed E-state index contributed by atoms with van der Waals surface area (Å²) in [7, 11) is -9.44. The van der Waals surface area contributed by atoms with Gasteiger partial charge in [0.25, 0.3) is 0 Å². The van der Waals surface area contributed by atoms with Crippen LogP contribution >= 0.6 is 15.6 Å². The second-order valence-electron chi connectivity index (χ2n) is 2.69. The minimum Gasteiger partial charge on any atom is -0.508 e. The first-order valence-corrected chi connectivity index (χ1v) is 7.30. The maximum atomic E-state index is 9.86. The number of phenolic OH excluding ortho intramolecular Hbond substituents is 1. The van der Waals surface area contributed by atoms with E-state index in [1.165, 1.54) is 0 Å². The van der Waals surface area contributed by atoms with Crippen LogP contribution in [0.5, 0.6) is 5.75 Å². The van der Waals surface area contributed by atoms with Crippen LogP contribution in [0, 0.1) is 0 Å². The van der Waals surface area contributed by atoms with Crippen molar-refractivity contribution < 1.29 is 42.9 Å². The van der Waals surface area contributed by atoms with E-state index in [1.54, 1.807) is 24.3 Å². The monoisotopic (exact) mass is 302 g/mol. The zero-order chi connectivity index (χ0) is 14.2. The minimum absolute atomic E-state index is 0.322. The fraction of sp³-hybridized carbons (Fsp3) is 0.143. The van der Waals surface area contributed by atoms with Gasteiger partial charge < -0.3 is 24.7 Å². The van der Waals surface area contributed by atoms with E-state index >= 15 is 0 Å². The Labute approximate surface area is 102 Å². The molecule has 1 rings (SSSR count). The topological polar surface area (TPSA) is 154 Å². The standard InChI is InChI=1S/C6H6O.CH6O8P2/c7-6-4-2-1-3-5-6;2-10(3,4)8-1-9-11(5,6)7/h1-5,7H;1H2,(H2,2,3,4)(H2,5,6,7). The number of phosphoric ester groups is 2. The fourth-order valence-electron chi connectivity index (χ4n) is 0.589. The molecule has 0 bridgehead atoms. The summed E-state index contributed by atoms with van der Waals surface area (Å²) >= 11 is 0. The van der Waals surface area contributed by atoms with Gasteiger partial charge in [-0.3, -0.25) is 9.05 Å². The molecule has 11 heteroatoms. The van der Waals surface area contributed by atoms with Gasteiger partial charge in [0.15, 0.2) is 6.79 Å². The van der Waals surface area contributed by atoms with E-state index in [0.29, 0.717) is 5.75 Å². The first kappa shape index (κ1) is 17.2. The van der Waals surface area contributed by atoms with E-state index in [1.807, 2.05) is 6.07 Å². The van der Waals surface area contributed by atoms with Crippen molar-refractivity contribution in [3.63, 3.8) is 0 Å². The lowest BCUT2D eigenvalue weighted by atomic mass is 10.3. The molecule has 0 aliphatic heterocycles.